The van der Waals surface area contributed by atoms with E-state index in [9.17, 15) is 32.3 Å². The number of halogens is 4. The summed E-state index contributed by atoms with van der Waals surface area (Å²) in [5.74, 6) is -3.90. The molecule has 5 aromatic rings. The van der Waals surface area contributed by atoms with Gasteiger partial charge in [-0.2, -0.15) is 28.1 Å². The minimum atomic E-state index is -4.65. The van der Waals surface area contributed by atoms with Crippen LogP contribution in [0.2, 0.25) is 5.02 Å². The Bertz CT molecular complexity index is 2200. The average Bonchev–Trinajstić information content (AvgIpc) is 3.73. The Morgan fingerprint density at radius 3 is 2.32 bits per heavy atom. The Morgan fingerprint density at radius 2 is 1.66 bits per heavy atom. The molecule has 16 nitrogen and oxygen atoms in total. The second-order valence-electron chi connectivity index (χ2n) is 12.3. The predicted molar refractivity (Wildman–Crippen MR) is 196 cm³/mol. The quantitative estimate of drug-likeness (QED) is 0.0779. The summed E-state index contributed by atoms with van der Waals surface area (Å²) in [5, 5.41) is 13.8. The van der Waals surface area contributed by atoms with Gasteiger partial charge in [-0.25, -0.2) is 9.78 Å². The molecular formula is C36H32ClF3N10O6. The molecule has 3 aromatic carbocycles. The smallest absolute Gasteiger partial charge is 0.422 e. The first-order valence-electron chi connectivity index (χ1n) is 16.7. The number of benzene rings is 3. The van der Waals surface area contributed by atoms with Gasteiger partial charge in [-0.1, -0.05) is 29.8 Å². The second-order valence-corrected chi connectivity index (χ2v) is 12.8. The maximum absolute atomic E-state index is 13.1. The van der Waals surface area contributed by atoms with E-state index in [0.717, 1.165) is 12.7 Å². The van der Waals surface area contributed by atoms with Crippen LogP contribution >= 0.6 is 11.6 Å². The lowest BCUT2D eigenvalue weighted by Crippen LogP contribution is -2.50. The lowest BCUT2D eigenvalue weighted by Gasteiger charge is -2.19. The number of hydrogen-bond acceptors (Lipinski definition) is 12. The fraction of sp³-hybridized carbons (Fsp3) is 0.222. The SMILES string of the molecule is COC(=O)[C@H](CNC(=O)C(=O)Nc1cccc(-n2ccnc2)c1)NC(=O)c1ccc(Nc2nc(NC3(c4ccc(Cl)cc4)CC3)nc(OCC(F)(F)F)n2)cc1. The zero-order valence-corrected chi connectivity index (χ0v) is 30.0. The van der Waals surface area contributed by atoms with Gasteiger partial charge in [0.1, 0.15) is 6.04 Å². The third kappa shape index (κ3) is 10.3. The lowest BCUT2D eigenvalue weighted by molar-refractivity contribution is -0.154. The van der Waals surface area contributed by atoms with E-state index in [1.54, 1.807) is 59.7 Å². The molecule has 6 rings (SSSR count). The summed E-state index contributed by atoms with van der Waals surface area (Å²) in [7, 11) is 1.09. The van der Waals surface area contributed by atoms with E-state index in [4.69, 9.17) is 21.1 Å². The molecule has 0 saturated heterocycles. The number of carbonyl (C=O) groups is 4. The third-order valence-electron chi connectivity index (χ3n) is 8.25. The van der Waals surface area contributed by atoms with E-state index in [-0.39, 0.29) is 17.5 Å². The summed E-state index contributed by atoms with van der Waals surface area (Å²) in [4.78, 5) is 67.1. The highest BCUT2D eigenvalue weighted by molar-refractivity contribution is 6.39. The minimum Gasteiger partial charge on any atom is -0.467 e. The van der Waals surface area contributed by atoms with Gasteiger partial charge in [0.15, 0.2) is 6.61 Å². The largest absolute Gasteiger partial charge is 0.467 e. The van der Waals surface area contributed by atoms with Crippen LogP contribution < -0.4 is 31.3 Å². The van der Waals surface area contributed by atoms with Crippen molar-refractivity contribution in [2.75, 3.05) is 36.2 Å². The highest BCUT2D eigenvalue weighted by Gasteiger charge is 2.45. The molecule has 0 bridgehead atoms. The van der Waals surface area contributed by atoms with E-state index in [1.165, 1.54) is 24.3 Å². The van der Waals surface area contributed by atoms with Crippen molar-refractivity contribution in [1.29, 1.82) is 0 Å². The number of esters is 1. The summed E-state index contributed by atoms with van der Waals surface area (Å²) >= 11 is 6.03. The Hall–Kier alpha value is -6.76. The topological polar surface area (TPSA) is 203 Å². The molecule has 2 aromatic heterocycles. The van der Waals surface area contributed by atoms with Gasteiger partial charge in [-0.3, -0.25) is 14.4 Å². The van der Waals surface area contributed by atoms with E-state index < -0.39 is 60.6 Å². The van der Waals surface area contributed by atoms with Gasteiger partial charge in [0.2, 0.25) is 11.9 Å². The van der Waals surface area contributed by atoms with Gasteiger partial charge in [-0.15, -0.1) is 0 Å². The van der Waals surface area contributed by atoms with Crippen LogP contribution in [0.1, 0.15) is 28.8 Å². The van der Waals surface area contributed by atoms with E-state index in [2.05, 4.69) is 46.5 Å². The molecule has 1 atom stereocenters. The highest BCUT2D eigenvalue weighted by atomic mass is 35.5. The Kier molecular flexibility index (Phi) is 11.6. The number of ether oxygens (including phenoxy) is 2. The monoisotopic (exact) mass is 792 g/mol. The van der Waals surface area contributed by atoms with Crippen LogP contribution in [-0.4, -0.2) is 80.7 Å². The van der Waals surface area contributed by atoms with Gasteiger partial charge in [0.05, 0.1) is 19.0 Å². The molecule has 1 fully saturated rings. The average molecular weight is 793 g/mol. The molecule has 290 valence electrons. The molecule has 2 heterocycles. The van der Waals surface area contributed by atoms with E-state index in [0.29, 0.717) is 34.9 Å². The Balaban J connectivity index is 1.08. The van der Waals surface area contributed by atoms with Crippen molar-refractivity contribution in [3.8, 4) is 11.7 Å². The fourth-order valence-electron chi connectivity index (χ4n) is 5.30. The number of carbonyl (C=O) groups excluding carboxylic acids is 4. The van der Waals surface area contributed by atoms with Crippen LogP contribution in [0.5, 0.6) is 6.01 Å². The van der Waals surface area contributed by atoms with Gasteiger partial charge in [-0.05, 0) is 73.0 Å². The maximum Gasteiger partial charge on any atom is 0.422 e. The molecule has 0 unspecified atom stereocenters. The van der Waals surface area contributed by atoms with Crippen molar-refractivity contribution < 1.29 is 41.8 Å². The van der Waals surface area contributed by atoms with Gasteiger partial charge in [0, 0.05) is 46.6 Å². The van der Waals surface area contributed by atoms with Gasteiger partial charge < -0.3 is 40.6 Å². The molecule has 0 spiro atoms. The van der Waals surface area contributed by atoms with Crippen LogP contribution in [0.25, 0.3) is 5.69 Å². The first-order valence-corrected chi connectivity index (χ1v) is 17.1. The molecule has 1 aliphatic rings. The highest BCUT2D eigenvalue weighted by Crippen LogP contribution is 2.48. The molecule has 0 aliphatic heterocycles. The maximum atomic E-state index is 13.1. The standard InChI is InChI=1S/C36H32ClF3N10O6/c1-55-31(54)27(18-42-29(52)30(53)43-25-3-2-4-26(17-25)50-16-15-41-20-50)45-28(51)21-5-11-24(12-6-21)44-32-46-33(48-34(47-32)56-19-36(38,39)40)49-35(13-14-35)22-7-9-23(37)10-8-22/h2-12,15-17,20,27H,13-14,18-19H2,1H3,(H,42,52)(H,43,53)(H,45,51)(H2,44,46,47,48,49)/t27-/m0/s1. The minimum absolute atomic E-state index is 0.0404. The summed E-state index contributed by atoms with van der Waals surface area (Å²) in [5.41, 5.74) is 1.75. The van der Waals surface area contributed by atoms with Crippen molar-refractivity contribution in [3.05, 3.63) is 108 Å². The Morgan fingerprint density at radius 1 is 0.929 bits per heavy atom. The third-order valence-corrected chi connectivity index (χ3v) is 8.50. The van der Waals surface area contributed by atoms with Crippen molar-refractivity contribution in [1.82, 2.24) is 35.1 Å². The fourth-order valence-corrected chi connectivity index (χ4v) is 5.43. The molecule has 0 radical (unpaired) electrons. The number of amides is 3. The van der Waals surface area contributed by atoms with Crippen molar-refractivity contribution in [2.45, 2.75) is 30.6 Å². The summed E-state index contributed by atoms with van der Waals surface area (Å²) < 4.78 is 50.2. The summed E-state index contributed by atoms with van der Waals surface area (Å²) in [6, 6.07) is 17.5. The molecule has 1 aliphatic carbocycles. The van der Waals surface area contributed by atoms with Crippen LogP contribution in [0.3, 0.4) is 0 Å². The number of alkyl halides is 3. The number of rotatable bonds is 14. The lowest BCUT2D eigenvalue weighted by atomic mass is 10.1. The molecule has 5 N–H and O–H groups in total. The summed E-state index contributed by atoms with van der Waals surface area (Å²) in [6.07, 6.45) is 1.62. The first-order chi connectivity index (χ1) is 26.8. The number of anilines is 4. The van der Waals surface area contributed by atoms with Gasteiger partial charge in [0.25, 0.3) is 5.91 Å². The molecule has 56 heavy (non-hydrogen) atoms. The first kappa shape index (κ1) is 38.9. The second kappa shape index (κ2) is 16.7. The molecular weight excluding hydrogens is 761 g/mol. The zero-order chi connectivity index (χ0) is 39.9. The van der Waals surface area contributed by atoms with Crippen molar-refractivity contribution in [2.24, 2.45) is 0 Å². The predicted octanol–water partition coefficient (Wildman–Crippen LogP) is 4.52. The van der Waals surface area contributed by atoms with E-state index in [1.807, 2.05) is 12.1 Å². The van der Waals surface area contributed by atoms with Crippen molar-refractivity contribution >= 4 is 58.6 Å². The number of imidazole rings is 1. The van der Waals surface area contributed by atoms with Crippen molar-refractivity contribution in [3.63, 3.8) is 0 Å². The van der Waals surface area contributed by atoms with Gasteiger partial charge >= 0.3 is 30.0 Å². The normalized spacial score (nSPS) is 13.4. The zero-order valence-electron chi connectivity index (χ0n) is 29.3. The van der Waals surface area contributed by atoms with E-state index >= 15 is 0 Å². The molecule has 3 amide bonds. The number of nitrogens with one attached hydrogen (secondary N) is 5. The number of aromatic nitrogens is 5. The number of hydrogen-bond donors (Lipinski definition) is 5. The number of nitrogens with zero attached hydrogens (tertiary/aromatic N) is 5. The summed E-state index contributed by atoms with van der Waals surface area (Å²) in [6.45, 7) is -2.11. The van der Waals surface area contributed by atoms with Crippen LogP contribution in [0, 0.1) is 0 Å². The van der Waals surface area contributed by atoms with Crippen LogP contribution in [0.15, 0.2) is 91.5 Å². The number of methoxy groups -OCH3 is 1. The Labute approximate surface area is 321 Å². The van der Waals surface area contributed by atoms with Crippen LogP contribution in [-0.2, 0) is 24.7 Å². The van der Waals surface area contributed by atoms with Crippen LogP contribution in [0.4, 0.5) is 36.4 Å². The molecule has 20 heteroatoms. The molecule has 1 saturated carbocycles.